The van der Waals surface area contributed by atoms with E-state index < -0.39 is 6.10 Å². The molecule has 2 rings (SSSR count). The number of benzene rings is 2. The van der Waals surface area contributed by atoms with Gasteiger partial charge >= 0.3 is 0 Å². The van der Waals surface area contributed by atoms with Gasteiger partial charge in [-0.15, -0.1) is 0 Å². The van der Waals surface area contributed by atoms with Crippen LogP contribution in [0.1, 0.15) is 5.56 Å². The molecule has 0 aliphatic carbocycles. The van der Waals surface area contributed by atoms with E-state index in [1.54, 1.807) is 31.2 Å². The number of rotatable bonds is 6. The van der Waals surface area contributed by atoms with Crippen LogP contribution >= 0.6 is 0 Å². The fourth-order valence-corrected chi connectivity index (χ4v) is 1.81. The Hall–Kier alpha value is -2.27. The fourth-order valence-electron chi connectivity index (χ4n) is 1.81. The molecule has 0 spiro atoms. The highest BCUT2D eigenvalue weighted by atomic mass is 19.1. The monoisotopic (exact) mass is 291 g/mol. The summed E-state index contributed by atoms with van der Waals surface area (Å²) in [6, 6.07) is 11.3. The number of hydrogen-bond donors (Lipinski definition) is 2. The third-order valence-corrected chi connectivity index (χ3v) is 2.92. The van der Waals surface area contributed by atoms with Crippen LogP contribution in [0.25, 0.3) is 0 Å². The molecular formula is C16H18FNO3. The summed E-state index contributed by atoms with van der Waals surface area (Å²) >= 11 is 0. The van der Waals surface area contributed by atoms with Crippen LogP contribution in [-0.4, -0.2) is 24.4 Å². The Kier molecular flexibility index (Phi) is 5.00. The molecule has 1 unspecified atom stereocenters. The predicted molar refractivity (Wildman–Crippen MR) is 79.0 cm³/mol. The molecule has 3 N–H and O–H groups in total. The Morgan fingerprint density at radius 1 is 1.10 bits per heavy atom. The maximum Gasteiger partial charge on any atom is 0.142 e. The lowest BCUT2D eigenvalue weighted by atomic mass is 10.2. The minimum Gasteiger partial charge on any atom is -0.490 e. The van der Waals surface area contributed by atoms with Crippen molar-refractivity contribution < 1.29 is 19.0 Å². The molecule has 5 heteroatoms. The van der Waals surface area contributed by atoms with E-state index in [4.69, 9.17) is 15.2 Å². The van der Waals surface area contributed by atoms with Crippen LogP contribution in [0.15, 0.2) is 42.5 Å². The van der Waals surface area contributed by atoms with E-state index in [2.05, 4.69) is 0 Å². The molecule has 0 fully saturated rings. The van der Waals surface area contributed by atoms with Crippen LogP contribution in [0.5, 0.6) is 11.5 Å². The number of aryl methyl sites for hydroxylation is 1. The number of anilines is 1. The van der Waals surface area contributed by atoms with Gasteiger partial charge in [0.05, 0.1) is 5.69 Å². The Morgan fingerprint density at radius 3 is 2.43 bits per heavy atom. The van der Waals surface area contributed by atoms with Gasteiger partial charge in [0.15, 0.2) is 0 Å². The molecular weight excluding hydrogens is 273 g/mol. The number of hydrogen-bond acceptors (Lipinski definition) is 4. The second-order valence-electron chi connectivity index (χ2n) is 4.72. The largest absolute Gasteiger partial charge is 0.490 e. The van der Waals surface area contributed by atoms with E-state index in [0.717, 1.165) is 0 Å². The van der Waals surface area contributed by atoms with E-state index in [0.29, 0.717) is 22.7 Å². The summed E-state index contributed by atoms with van der Waals surface area (Å²) < 4.78 is 23.8. The first kappa shape index (κ1) is 15.1. The summed E-state index contributed by atoms with van der Waals surface area (Å²) in [5, 5.41) is 9.84. The molecule has 2 aromatic carbocycles. The van der Waals surface area contributed by atoms with Gasteiger partial charge in [0.1, 0.15) is 36.6 Å². The smallest absolute Gasteiger partial charge is 0.142 e. The van der Waals surface area contributed by atoms with Gasteiger partial charge in [-0.2, -0.15) is 0 Å². The molecule has 0 amide bonds. The van der Waals surface area contributed by atoms with Gasteiger partial charge in [0, 0.05) is 0 Å². The van der Waals surface area contributed by atoms with Crippen molar-refractivity contribution >= 4 is 5.69 Å². The zero-order valence-electron chi connectivity index (χ0n) is 11.8. The summed E-state index contributed by atoms with van der Waals surface area (Å²) in [6.07, 6.45) is -0.811. The third-order valence-electron chi connectivity index (χ3n) is 2.92. The molecule has 0 bridgehead atoms. The van der Waals surface area contributed by atoms with Gasteiger partial charge in [-0.1, -0.05) is 12.1 Å². The second kappa shape index (κ2) is 6.95. The van der Waals surface area contributed by atoms with Crippen LogP contribution in [0.4, 0.5) is 10.1 Å². The Balaban J connectivity index is 1.82. The van der Waals surface area contributed by atoms with Crippen LogP contribution in [0.2, 0.25) is 0 Å². The van der Waals surface area contributed by atoms with Crippen molar-refractivity contribution in [1.29, 1.82) is 0 Å². The maximum absolute atomic E-state index is 13.0. The van der Waals surface area contributed by atoms with E-state index in [1.165, 1.54) is 18.2 Å². The molecule has 0 aliphatic rings. The van der Waals surface area contributed by atoms with Crippen molar-refractivity contribution in [3.63, 3.8) is 0 Å². The first-order chi connectivity index (χ1) is 10.1. The number of halogens is 1. The average molecular weight is 291 g/mol. The summed E-state index contributed by atoms with van der Waals surface area (Å²) in [5.41, 5.74) is 6.92. The number of nitrogen functional groups attached to an aromatic ring is 1. The maximum atomic E-state index is 13.0. The molecule has 0 aliphatic heterocycles. The normalized spacial score (nSPS) is 12.0. The summed E-state index contributed by atoms with van der Waals surface area (Å²) in [7, 11) is 0. The lowest BCUT2D eigenvalue weighted by Crippen LogP contribution is -2.25. The Labute approximate surface area is 122 Å². The quantitative estimate of drug-likeness (QED) is 0.803. The lowest BCUT2D eigenvalue weighted by Gasteiger charge is -2.15. The minimum atomic E-state index is -0.811. The van der Waals surface area contributed by atoms with Crippen molar-refractivity contribution in [3.8, 4) is 11.5 Å². The molecule has 21 heavy (non-hydrogen) atoms. The highest BCUT2D eigenvalue weighted by Crippen LogP contribution is 2.20. The highest BCUT2D eigenvalue weighted by Gasteiger charge is 2.09. The first-order valence-corrected chi connectivity index (χ1v) is 6.60. The fraction of sp³-hybridized carbons (Fsp3) is 0.250. The molecule has 0 radical (unpaired) electrons. The van der Waals surface area contributed by atoms with Crippen molar-refractivity contribution in [1.82, 2.24) is 0 Å². The lowest BCUT2D eigenvalue weighted by molar-refractivity contribution is 0.0626. The van der Waals surface area contributed by atoms with Crippen LogP contribution in [0, 0.1) is 12.7 Å². The van der Waals surface area contributed by atoms with Gasteiger partial charge in [-0.05, 0) is 42.8 Å². The zero-order valence-corrected chi connectivity index (χ0v) is 11.8. The number of ether oxygens (including phenoxy) is 2. The van der Waals surface area contributed by atoms with E-state index in [1.807, 2.05) is 0 Å². The van der Waals surface area contributed by atoms with Crippen molar-refractivity contribution in [2.75, 3.05) is 18.9 Å². The van der Waals surface area contributed by atoms with Crippen molar-refractivity contribution in [2.45, 2.75) is 13.0 Å². The van der Waals surface area contributed by atoms with E-state index in [-0.39, 0.29) is 19.0 Å². The van der Waals surface area contributed by atoms with Crippen LogP contribution in [-0.2, 0) is 0 Å². The van der Waals surface area contributed by atoms with Gasteiger partial charge in [0.25, 0.3) is 0 Å². The van der Waals surface area contributed by atoms with E-state index in [9.17, 15) is 9.50 Å². The number of aliphatic hydroxyl groups is 1. The standard InChI is InChI=1S/C16H18FNO3/c1-11-8-12(17)6-7-15(11)20-9-13(19)10-21-16-5-3-2-4-14(16)18/h2-8,13,19H,9-10,18H2,1H3. The second-order valence-corrected chi connectivity index (χ2v) is 4.72. The number of para-hydroxylation sites is 2. The molecule has 0 heterocycles. The van der Waals surface area contributed by atoms with E-state index >= 15 is 0 Å². The minimum absolute atomic E-state index is 0.0548. The molecule has 2 aromatic rings. The predicted octanol–water partition coefficient (Wildman–Crippen LogP) is 2.54. The van der Waals surface area contributed by atoms with Crippen LogP contribution < -0.4 is 15.2 Å². The summed E-state index contributed by atoms with van der Waals surface area (Å²) in [5.74, 6) is 0.743. The Bertz CT molecular complexity index is 604. The van der Waals surface area contributed by atoms with Gasteiger partial charge in [-0.3, -0.25) is 0 Å². The molecule has 0 saturated heterocycles. The van der Waals surface area contributed by atoms with Crippen molar-refractivity contribution in [2.24, 2.45) is 0 Å². The SMILES string of the molecule is Cc1cc(F)ccc1OCC(O)COc1ccccc1N. The number of nitrogens with two attached hydrogens (primary N) is 1. The van der Waals surface area contributed by atoms with Gasteiger partial charge < -0.3 is 20.3 Å². The summed E-state index contributed by atoms with van der Waals surface area (Å²) in [6.45, 7) is 1.86. The Morgan fingerprint density at radius 2 is 1.76 bits per heavy atom. The number of aliphatic hydroxyl groups excluding tert-OH is 1. The molecule has 112 valence electrons. The van der Waals surface area contributed by atoms with Gasteiger partial charge in [0.2, 0.25) is 0 Å². The molecule has 4 nitrogen and oxygen atoms in total. The molecule has 1 atom stereocenters. The van der Waals surface area contributed by atoms with Gasteiger partial charge in [-0.25, -0.2) is 4.39 Å². The van der Waals surface area contributed by atoms with Crippen molar-refractivity contribution in [3.05, 3.63) is 53.8 Å². The first-order valence-electron chi connectivity index (χ1n) is 6.60. The third kappa shape index (κ3) is 4.36. The molecule has 0 saturated carbocycles. The average Bonchev–Trinajstić information content (AvgIpc) is 2.45. The summed E-state index contributed by atoms with van der Waals surface area (Å²) in [4.78, 5) is 0. The highest BCUT2D eigenvalue weighted by molar-refractivity contribution is 5.51. The van der Waals surface area contributed by atoms with Crippen LogP contribution in [0.3, 0.4) is 0 Å². The topological polar surface area (TPSA) is 64.7 Å². The zero-order chi connectivity index (χ0) is 15.2. The molecule has 0 aromatic heterocycles.